The largest absolute Gasteiger partial charge is 0.486 e. The number of ether oxygens (including phenoxy) is 2. The first-order chi connectivity index (χ1) is 11.0. The monoisotopic (exact) mass is 321 g/mol. The first-order valence-corrected chi connectivity index (χ1v) is 7.73. The molecule has 2 amide bonds. The molecule has 7 nitrogen and oxygen atoms in total. The molecule has 23 heavy (non-hydrogen) atoms. The van der Waals surface area contributed by atoms with Crippen LogP contribution in [0.1, 0.15) is 30.1 Å². The topological polar surface area (TPSA) is 85.1 Å². The maximum absolute atomic E-state index is 12.0. The molecule has 0 aliphatic carbocycles. The van der Waals surface area contributed by atoms with E-state index in [1.165, 1.54) is 7.05 Å². The third-order valence-electron chi connectivity index (χ3n) is 3.56. The zero-order valence-electron chi connectivity index (χ0n) is 13.5. The summed E-state index contributed by atoms with van der Waals surface area (Å²) in [4.78, 5) is 25.3. The summed E-state index contributed by atoms with van der Waals surface area (Å²) in [7, 11) is 1.48. The fraction of sp³-hybridized carbons (Fsp3) is 0.500. The molecule has 2 N–H and O–H groups in total. The quantitative estimate of drug-likeness (QED) is 0.372. The van der Waals surface area contributed by atoms with Gasteiger partial charge in [0.1, 0.15) is 11.9 Å². The maximum atomic E-state index is 12.0. The van der Waals surface area contributed by atoms with Crippen LogP contribution in [-0.2, 0) is 4.74 Å². The molecule has 0 radical (unpaired) electrons. The number of unbranched alkanes of at least 4 members (excludes halogenated alkanes) is 1. The van der Waals surface area contributed by atoms with Gasteiger partial charge >= 0.3 is 6.09 Å². The highest BCUT2D eigenvalue weighted by molar-refractivity contribution is 5.96. The Bertz CT molecular complexity index is 556. The van der Waals surface area contributed by atoms with Crippen molar-refractivity contribution in [3.63, 3.8) is 0 Å². The number of likely N-dealkylation sites (tertiary alicyclic amines) is 1. The number of rotatable bonds is 6. The van der Waals surface area contributed by atoms with Gasteiger partial charge in [0.25, 0.3) is 5.91 Å². The molecule has 1 aromatic rings. The Morgan fingerprint density at radius 1 is 1.35 bits per heavy atom. The molecule has 0 spiro atoms. The Labute approximate surface area is 135 Å². The van der Waals surface area contributed by atoms with E-state index in [1.807, 2.05) is 6.92 Å². The van der Waals surface area contributed by atoms with Crippen LogP contribution in [0.15, 0.2) is 24.3 Å². The van der Waals surface area contributed by atoms with Gasteiger partial charge in [-0.1, -0.05) is 25.5 Å². The molecule has 0 atom stereocenters. The van der Waals surface area contributed by atoms with E-state index < -0.39 is 0 Å². The molecule has 1 fully saturated rings. The molecule has 7 heteroatoms. The number of nitrogens with zero attached hydrogens (tertiary/aromatic N) is 2. The highest BCUT2D eigenvalue weighted by Crippen LogP contribution is 2.23. The van der Waals surface area contributed by atoms with Crippen molar-refractivity contribution < 1.29 is 19.1 Å². The fourth-order valence-corrected chi connectivity index (χ4v) is 2.17. The lowest BCUT2D eigenvalue weighted by Gasteiger charge is -2.38. The molecule has 2 rings (SSSR count). The zero-order valence-corrected chi connectivity index (χ0v) is 13.5. The number of para-hydroxylation sites is 1. The van der Waals surface area contributed by atoms with Gasteiger partial charge in [0.15, 0.2) is 0 Å². The van der Waals surface area contributed by atoms with Crippen molar-refractivity contribution in [2.45, 2.75) is 25.9 Å². The molecular weight excluding hydrogens is 298 g/mol. The van der Waals surface area contributed by atoms with Crippen molar-refractivity contribution in [3.8, 4) is 5.75 Å². The Hall–Kier alpha value is -2.28. The van der Waals surface area contributed by atoms with Crippen LogP contribution in [0, 0.1) is 0 Å². The summed E-state index contributed by atoms with van der Waals surface area (Å²) in [6, 6.07) is 6.93. The van der Waals surface area contributed by atoms with Crippen LogP contribution in [0.4, 0.5) is 4.79 Å². The van der Waals surface area contributed by atoms with E-state index in [-0.39, 0.29) is 18.1 Å². The second-order valence-corrected chi connectivity index (χ2v) is 5.52. The van der Waals surface area contributed by atoms with Crippen LogP contribution in [0.3, 0.4) is 0 Å². The third-order valence-corrected chi connectivity index (χ3v) is 3.56. The van der Waals surface area contributed by atoms with E-state index in [4.69, 9.17) is 15.3 Å². The van der Waals surface area contributed by atoms with Crippen molar-refractivity contribution in [1.82, 2.24) is 9.91 Å². The summed E-state index contributed by atoms with van der Waals surface area (Å²) in [5.41, 5.74) is 0.404. The van der Waals surface area contributed by atoms with Crippen molar-refractivity contribution in [2.24, 2.45) is 5.84 Å². The van der Waals surface area contributed by atoms with Gasteiger partial charge < -0.3 is 14.4 Å². The molecule has 0 bridgehead atoms. The van der Waals surface area contributed by atoms with Crippen molar-refractivity contribution in [1.29, 1.82) is 0 Å². The Balaban J connectivity index is 1.86. The average molecular weight is 321 g/mol. The van der Waals surface area contributed by atoms with Crippen molar-refractivity contribution in [3.05, 3.63) is 29.8 Å². The van der Waals surface area contributed by atoms with E-state index in [2.05, 4.69) is 0 Å². The van der Waals surface area contributed by atoms with E-state index in [9.17, 15) is 9.59 Å². The minimum atomic E-state index is -0.323. The van der Waals surface area contributed by atoms with Crippen molar-refractivity contribution in [2.75, 3.05) is 26.7 Å². The standard InChI is InChI=1S/C16H23N3O4/c1-3-4-9-22-16(21)19-10-12(11-19)23-14-8-6-5-7-13(14)15(20)18(2)17/h5-8,12H,3-4,9-11,17H2,1-2H3. The van der Waals surface area contributed by atoms with Gasteiger partial charge in [0.2, 0.25) is 0 Å². The molecule has 1 aromatic carbocycles. The summed E-state index contributed by atoms with van der Waals surface area (Å²) >= 11 is 0. The number of amides is 2. The van der Waals surface area contributed by atoms with E-state index in [1.54, 1.807) is 29.2 Å². The van der Waals surface area contributed by atoms with Gasteiger partial charge in [-0.2, -0.15) is 0 Å². The normalized spacial score (nSPS) is 14.1. The molecule has 1 heterocycles. The summed E-state index contributed by atoms with van der Waals surface area (Å²) in [5.74, 6) is 5.64. The van der Waals surface area contributed by atoms with E-state index in [0.29, 0.717) is 31.0 Å². The average Bonchev–Trinajstić information content (AvgIpc) is 2.50. The van der Waals surface area contributed by atoms with E-state index >= 15 is 0 Å². The van der Waals surface area contributed by atoms with Gasteiger partial charge in [0, 0.05) is 7.05 Å². The smallest absolute Gasteiger partial charge is 0.410 e. The second-order valence-electron chi connectivity index (χ2n) is 5.52. The molecule has 0 aromatic heterocycles. The summed E-state index contributed by atoms with van der Waals surface area (Å²) in [5, 5.41) is 1.01. The van der Waals surface area contributed by atoms with Gasteiger partial charge in [0.05, 0.1) is 25.3 Å². The molecule has 1 aliphatic heterocycles. The number of benzene rings is 1. The first kappa shape index (κ1) is 17.1. The minimum Gasteiger partial charge on any atom is -0.486 e. The lowest BCUT2D eigenvalue weighted by molar-refractivity contribution is 0.0103. The summed E-state index contributed by atoms with van der Waals surface area (Å²) in [6.07, 6.45) is 1.39. The number of nitrogens with two attached hydrogens (primary N) is 1. The van der Waals surface area contributed by atoms with Crippen molar-refractivity contribution >= 4 is 12.0 Å². The number of hydrazine groups is 1. The van der Waals surface area contributed by atoms with Crippen LogP contribution < -0.4 is 10.6 Å². The van der Waals surface area contributed by atoms with Gasteiger partial charge in [-0.25, -0.2) is 10.6 Å². The number of hydrogen-bond donors (Lipinski definition) is 1. The second kappa shape index (κ2) is 7.82. The molecule has 126 valence electrons. The predicted molar refractivity (Wildman–Crippen MR) is 85.0 cm³/mol. The van der Waals surface area contributed by atoms with Gasteiger partial charge in [-0.15, -0.1) is 0 Å². The lowest BCUT2D eigenvalue weighted by atomic mass is 10.1. The van der Waals surface area contributed by atoms with Crippen LogP contribution in [-0.4, -0.2) is 54.8 Å². The first-order valence-electron chi connectivity index (χ1n) is 7.73. The SMILES string of the molecule is CCCCOC(=O)N1CC(Oc2ccccc2C(=O)N(C)N)C1. The van der Waals surface area contributed by atoms with Gasteiger partial charge in [-0.3, -0.25) is 9.80 Å². The molecular formula is C16H23N3O4. The zero-order chi connectivity index (χ0) is 16.8. The minimum absolute atomic E-state index is 0.147. The van der Waals surface area contributed by atoms with Crippen LogP contribution >= 0.6 is 0 Å². The lowest BCUT2D eigenvalue weighted by Crippen LogP contribution is -2.56. The Morgan fingerprint density at radius 3 is 2.70 bits per heavy atom. The molecule has 1 aliphatic rings. The van der Waals surface area contributed by atoms with Crippen LogP contribution in [0.5, 0.6) is 5.75 Å². The highest BCUT2D eigenvalue weighted by Gasteiger charge is 2.34. The van der Waals surface area contributed by atoms with Crippen LogP contribution in [0.25, 0.3) is 0 Å². The van der Waals surface area contributed by atoms with Crippen LogP contribution in [0.2, 0.25) is 0 Å². The molecule has 0 saturated carbocycles. The number of carbonyl (C=O) groups excluding carboxylic acids is 2. The fourth-order valence-electron chi connectivity index (χ4n) is 2.17. The number of carbonyl (C=O) groups is 2. The third kappa shape index (κ3) is 4.35. The van der Waals surface area contributed by atoms with E-state index in [0.717, 1.165) is 17.9 Å². The summed E-state index contributed by atoms with van der Waals surface area (Å²) < 4.78 is 10.9. The Morgan fingerprint density at radius 2 is 2.04 bits per heavy atom. The highest BCUT2D eigenvalue weighted by atomic mass is 16.6. The summed E-state index contributed by atoms with van der Waals surface area (Å²) in [6.45, 7) is 3.38. The molecule has 0 unspecified atom stereocenters. The number of hydrogen-bond acceptors (Lipinski definition) is 5. The maximum Gasteiger partial charge on any atom is 0.410 e. The molecule has 1 saturated heterocycles. The predicted octanol–water partition coefficient (Wildman–Crippen LogP) is 1.63. The Kier molecular flexibility index (Phi) is 5.81. The van der Waals surface area contributed by atoms with Gasteiger partial charge in [-0.05, 0) is 18.6 Å².